The van der Waals surface area contributed by atoms with Gasteiger partial charge in [0.25, 0.3) is 0 Å². The van der Waals surface area contributed by atoms with E-state index in [-0.39, 0.29) is 29.4 Å². The molecule has 1 aromatic rings. The lowest BCUT2D eigenvalue weighted by Gasteiger charge is -2.49. The number of aliphatic imine (C=N–C) groups is 1. The zero-order valence-electron chi connectivity index (χ0n) is 13.3. The van der Waals surface area contributed by atoms with Crippen molar-refractivity contribution in [3.05, 3.63) is 34.9 Å². The molecule has 1 nitrogen and oxygen atoms in total. The van der Waals surface area contributed by atoms with Crippen molar-refractivity contribution in [2.24, 2.45) is 16.8 Å². The third-order valence-corrected chi connectivity index (χ3v) is 4.89. The van der Waals surface area contributed by atoms with E-state index in [1.807, 2.05) is 12.1 Å². The average Bonchev–Trinajstić information content (AvgIpc) is 2.37. The van der Waals surface area contributed by atoms with Crippen molar-refractivity contribution < 1.29 is 0 Å². The van der Waals surface area contributed by atoms with Gasteiger partial charge in [-0.2, -0.15) is 0 Å². The minimum absolute atomic E-state index is 0. The summed E-state index contributed by atoms with van der Waals surface area (Å²) in [6.45, 7) is 7.76. The average molecular weight is 420 g/mol. The zero-order valence-corrected chi connectivity index (χ0v) is 16.4. The van der Waals surface area contributed by atoms with Gasteiger partial charge in [0, 0.05) is 29.1 Å². The summed E-state index contributed by atoms with van der Waals surface area (Å²) >= 11 is 6.04. The number of hydrogen-bond donors (Lipinski definition) is 0. The van der Waals surface area contributed by atoms with E-state index in [0.717, 1.165) is 18.0 Å². The molecule has 0 aromatic heterocycles. The highest BCUT2D eigenvalue weighted by Crippen LogP contribution is 2.51. The van der Waals surface area contributed by atoms with Gasteiger partial charge in [-0.05, 0) is 42.9 Å². The van der Waals surface area contributed by atoms with Crippen LogP contribution < -0.4 is 0 Å². The van der Waals surface area contributed by atoms with E-state index in [0.29, 0.717) is 11.8 Å². The van der Waals surface area contributed by atoms with Crippen molar-refractivity contribution in [2.75, 3.05) is 6.54 Å². The number of halogens is 2. The first-order chi connectivity index (χ1) is 9.60. The second kappa shape index (κ2) is 8.52. The van der Waals surface area contributed by atoms with Gasteiger partial charge in [0.05, 0.1) is 0 Å². The Morgan fingerprint density at radius 3 is 2.29 bits per heavy atom. The van der Waals surface area contributed by atoms with E-state index in [1.54, 1.807) is 0 Å². The molecule has 0 amide bonds. The maximum Gasteiger partial charge on any atom is 0.0406 e. The summed E-state index contributed by atoms with van der Waals surface area (Å²) < 4.78 is 0. The van der Waals surface area contributed by atoms with Crippen molar-refractivity contribution in [3.8, 4) is 0 Å². The van der Waals surface area contributed by atoms with Gasteiger partial charge in [0.2, 0.25) is 0 Å². The molecule has 1 aliphatic rings. The first-order valence-electron chi connectivity index (χ1n) is 7.86. The van der Waals surface area contributed by atoms with Gasteiger partial charge >= 0.3 is 0 Å². The Morgan fingerprint density at radius 1 is 1.24 bits per heavy atom. The Kier molecular flexibility index (Phi) is 7.69. The van der Waals surface area contributed by atoms with Gasteiger partial charge in [0.1, 0.15) is 0 Å². The highest BCUT2D eigenvalue weighted by atomic mass is 127. The normalized spacial score (nSPS) is 18.3. The quantitative estimate of drug-likeness (QED) is 0.388. The summed E-state index contributed by atoms with van der Waals surface area (Å²) in [7, 11) is 0. The molecule has 2 rings (SSSR count). The molecule has 3 heteroatoms. The zero-order chi connectivity index (χ0) is 14.6. The predicted octanol–water partition coefficient (Wildman–Crippen LogP) is 6.13. The summed E-state index contributed by atoms with van der Waals surface area (Å²) in [5.74, 6) is 1.15. The van der Waals surface area contributed by atoms with E-state index in [9.17, 15) is 0 Å². The third-order valence-electron chi connectivity index (χ3n) is 4.64. The summed E-state index contributed by atoms with van der Waals surface area (Å²) in [5.41, 5.74) is 1.73. The molecule has 118 valence electrons. The lowest BCUT2D eigenvalue weighted by Crippen LogP contribution is -2.45. The summed E-state index contributed by atoms with van der Waals surface area (Å²) in [4.78, 5) is 4.65. The van der Waals surface area contributed by atoms with Gasteiger partial charge in [-0.3, -0.25) is 4.99 Å². The van der Waals surface area contributed by atoms with Crippen LogP contribution in [-0.4, -0.2) is 12.8 Å². The fraction of sp³-hybridized carbons (Fsp3) is 0.611. The largest absolute Gasteiger partial charge is 0.297 e. The number of hydrogen-bond acceptors (Lipinski definition) is 1. The minimum Gasteiger partial charge on any atom is -0.297 e. The number of nitrogens with zero attached hydrogens (tertiary/aromatic N) is 1. The molecule has 1 saturated carbocycles. The van der Waals surface area contributed by atoms with E-state index >= 15 is 0 Å². The molecule has 0 aliphatic heterocycles. The fourth-order valence-corrected chi connectivity index (χ4v) is 3.55. The minimum atomic E-state index is 0. The topological polar surface area (TPSA) is 12.4 Å². The maximum atomic E-state index is 6.04. The van der Waals surface area contributed by atoms with Crippen LogP contribution in [-0.2, 0) is 5.41 Å². The molecule has 0 N–H and O–H groups in total. The fourth-order valence-electron chi connectivity index (χ4n) is 3.42. The second-order valence-corrected chi connectivity index (χ2v) is 6.78. The number of rotatable bonds is 6. The first-order valence-corrected chi connectivity index (χ1v) is 8.24. The lowest BCUT2D eigenvalue weighted by atomic mass is 9.55. The van der Waals surface area contributed by atoms with Crippen LogP contribution >= 0.6 is 35.6 Å². The Bertz CT molecular complexity index is 449. The molecule has 1 fully saturated rings. The van der Waals surface area contributed by atoms with Gasteiger partial charge in [-0.25, -0.2) is 0 Å². The molecular weight excluding hydrogens is 393 g/mol. The van der Waals surface area contributed by atoms with Gasteiger partial charge < -0.3 is 0 Å². The first kappa shape index (κ1) is 19.0. The second-order valence-electron chi connectivity index (χ2n) is 6.34. The van der Waals surface area contributed by atoms with Crippen molar-refractivity contribution in [2.45, 2.75) is 51.9 Å². The molecule has 1 aromatic carbocycles. The summed E-state index contributed by atoms with van der Waals surface area (Å²) in [6.07, 6.45) is 7.23. The standard InChI is InChI=1S/C18H26ClN.HI/c1-4-12-20-13-17(14(2)3)18(10-5-11-18)15-6-8-16(19)9-7-15;/h6-9,13-14,17H,4-5,10-12H2,1-3H3;1H. The van der Waals surface area contributed by atoms with Gasteiger partial charge in [0.15, 0.2) is 0 Å². The molecule has 0 saturated heterocycles. The van der Waals surface area contributed by atoms with Crippen molar-refractivity contribution in [1.82, 2.24) is 0 Å². The summed E-state index contributed by atoms with van der Waals surface area (Å²) in [6, 6.07) is 8.48. The molecule has 1 aliphatic carbocycles. The Labute approximate surface area is 151 Å². The SMILES string of the molecule is CCCN=CC(C(C)C)C1(c2ccc(Cl)cc2)CCC1.I. The highest BCUT2D eigenvalue weighted by molar-refractivity contribution is 14.0. The van der Waals surface area contributed by atoms with Crippen LogP contribution in [0.3, 0.4) is 0 Å². The van der Waals surface area contributed by atoms with E-state index in [2.05, 4.69) is 44.1 Å². The van der Waals surface area contributed by atoms with Gasteiger partial charge in [-0.1, -0.05) is 50.9 Å². The van der Waals surface area contributed by atoms with Crippen molar-refractivity contribution in [3.63, 3.8) is 0 Å². The smallest absolute Gasteiger partial charge is 0.0406 e. The van der Waals surface area contributed by atoms with Gasteiger partial charge in [-0.15, -0.1) is 24.0 Å². The van der Waals surface area contributed by atoms with Crippen LogP contribution in [0.25, 0.3) is 0 Å². The lowest BCUT2D eigenvalue weighted by molar-refractivity contribution is 0.158. The predicted molar refractivity (Wildman–Crippen MR) is 104 cm³/mol. The molecule has 0 radical (unpaired) electrons. The molecule has 0 bridgehead atoms. The maximum absolute atomic E-state index is 6.04. The van der Waals surface area contributed by atoms with Crippen LogP contribution in [0.15, 0.2) is 29.3 Å². The Hall–Kier alpha value is -0.0900. The monoisotopic (exact) mass is 419 g/mol. The van der Waals surface area contributed by atoms with Crippen LogP contribution in [0, 0.1) is 11.8 Å². The van der Waals surface area contributed by atoms with E-state index in [4.69, 9.17) is 11.6 Å². The number of benzene rings is 1. The van der Waals surface area contributed by atoms with Crippen LogP contribution in [0.5, 0.6) is 0 Å². The van der Waals surface area contributed by atoms with Crippen LogP contribution in [0.2, 0.25) is 5.02 Å². The Balaban J connectivity index is 0.00000220. The molecular formula is C18H27ClIN. The third kappa shape index (κ3) is 4.22. The highest BCUT2D eigenvalue weighted by Gasteiger charge is 2.45. The van der Waals surface area contributed by atoms with Crippen molar-refractivity contribution >= 4 is 41.8 Å². The van der Waals surface area contributed by atoms with E-state index in [1.165, 1.54) is 24.8 Å². The Morgan fingerprint density at radius 2 is 1.86 bits per heavy atom. The molecule has 21 heavy (non-hydrogen) atoms. The molecule has 0 heterocycles. The molecule has 1 atom stereocenters. The summed E-state index contributed by atoms with van der Waals surface area (Å²) in [5, 5.41) is 0.823. The van der Waals surface area contributed by atoms with Crippen LogP contribution in [0.4, 0.5) is 0 Å². The van der Waals surface area contributed by atoms with Crippen molar-refractivity contribution in [1.29, 1.82) is 0 Å². The van der Waals surface area contributed by atoms with E-state index < -0.39 is 0 Å². The molecule has 1 unspecified atom stereocenters. The van der Waals surface area contributed by atoms with Crippen LogP contribution in [0.1, 0.15) is 52.0 Å². The molecule has 0 spiro atoms.